The number of hydrogen-bond acceptors (Lipinski definition) is 0. The zero-order chi connectivity index (χ0) is 6.85. The molecule has 0 fully saturated rings. The van der Waals surface area contributed by atoms with Crippen LogP contribution in [0, 0.1) is 5.92 Å². The second-order valence-corrected chi connectivity index (χ2v) is 2.59. The largest absolute Gasteiger partial charge is 0.0915 e. The molecule has 0 aromatic heterocycles. The van der Waals surface area contributed by atoms with E-state index in [1.54, 1.807) is 0 Å². The summed E-state index contributed by atoms with van der Waals surface area (Å²) in [6, 6.07) is 0. The minimum absolute atomic E-state index is 0.593. The van der Waals surface area contributed by atoms with Crippen LogP contribution in [0.15, 0.2) is 36.0 Å². The van der Waals surface area contributed by atoms with E-state index in [0.29, 0.717) is 5.92 Å². The van der Waals surface area contributed by atoms with E-state index in [1.165, 1.54) is 5.57 Å². The van der Waals surface area contributed by atoms with Gasteiger partial charge in [-0.05, 0) is 24.0 Å². The van der Waals surface area contributed by atoms with Crippen LogP contribution in [0.5, 0.6) is 0 Å². The summed E-state index contributed by atoms with van der Waals surface area (Å²) < 4.78 is 0. The highest BCUT2D eigenvalue weighted by atomic mass is 14.1. The van der Waals surface area contributed by atoms with Gasteiger partial charge in [0.15, 0.2) is 0 Å². The summed E-state index contributed by atoms with van der Waals surface area (Å²) in [7, 11) is 0. The lowest BCUT2D eigenvalue weighted by Gasteiger charge is -2.09. The zero-order valence-electron chi connectivity index (χ0n) is 6.02. The molecule has 0 spiro atoms. The Hall–Kier alpha value is -0.780. The maximum atomic E-state index is 3.87. The topological polar surface area (TPSA) is 0 Å². The third-order valence-corrected chi connectivity index (χ3v) is 1.62. The van der Waals surface area contributed by atoms with Crippen molar-refractivity contribution in [2.75, 3.05) is 0 Å². The van der Waals surface area contributed by atoms with Crippen LogP contribution >= 0.6 is 0 Å². The van der Waals surface area contributed by atoms with Gasteiger partial charge >= 0.3 is 0 Å². The van der Waals surface area contributed by atoms with Gasteiger partial charge in [0.05, 0.1) is 0 Å². The molecule has 0 bridgehead atoms. The van der Waals surface area contributed by atoms with Crippen molar-refractivity contribution in [3.63, 3.8) is 0 Å². The molecule has 1 atom stereocenters. The Balaban J connectivity index is 2.82. The molecule has 0 saturated heterocycles. The first-order valence-corrected chi connectivity index (χ1v) is 3.26. The van der Waals surface area contributed by atoms with Gasteiger partial charge in [-0.3, -0.25) is 0 Å². The molecule has 0 aliphatic heterocycles. The molecule has 1 unspecified atom stereocenters. The van der Waals surface area contributed by atoms with Crippen molar-refractivity contribution in [1.82, 2.24) is 0 Å². The van der Waals surface area contributed by atoms with Crippen molar-refractivity contribution in [3.8, 4) is 0 Å². The van der Waals surface area contributed by atoms with Gasteiger partial charge < -0.3 is 0 Å². The minimum atomic E-state index is 0.593. The lowest BCUT2D eigenvalue weighted by molar-refractivity contribution is 0.914. The van der Waals surface area contributed by atoms with Crippen LogP contribution in [0.25, 0.3) is 0 Å². The van der Waals surface area contributed by atoms with Crippen molar-refractivity contribution < 1.29 is 0 Å². The number of rotatable bonds is 0. The molecule has 48 valence electrons. The maximum absolute atomic E-state index is 3.87. The van der Waals surface area contributed by atoms with Crippen molar-refractivity contribution in [3.05, 3.63) is 36.0 Å². The molecule has 0 heterocycles. The molecule has 0 N–H and O–H groups in total. The van der Waals surface area contributed by atoms with Crippen molar-refractivity contribution in [2.24, 2.45) is 5.92 Å². The van der Waals surface area contributed by atoms with Crippen LogP contribution in [0.1, 0.15) is 13.8 Å². The molecule has 1 rings (SSSR count). The monoisotopic (exact) mass is 120 g/mol. The zero-order valence-corrected chi connectivity index (χ0v) is 6.02. The molecule has 9 heavy (non-hydrogen) atoms. The first-order chi connectivity index (χ1) is 4.20. The molecule has 0 aromatic rings. The van der Waals surface area contributed by atoms with Crippen molar-refractivity contribution in [2.45, 2.75) is 13.8 Å². The van der Waals surface area contributed by atoms with Gasteiger partial charge in [0.25, 0.3) is 0 Å². The summed E-state index contributed by atoms with van der Waals surface area (Å²) >= 11 is 0. The molecule has 1 aliphatic rings. The van der Waals surface area contributed by atoms with E-state index in [4.69, 9.17) is 0 Å². The average Bonchev–Trinajstić information content (AvgIpc) is 1.80. The van der Waals surface area contributed by atoms with E-state index < -0.39 is 0 Å². The fourth-order valence-electron chi connectivity index (χ4n) is 0.956. The predicted molar refractivity (Wildman–Crippen MR) is 41.2 cm³/mol. The summed E-state index contributed by atoms with van der Waals surface area (Å²) in [5.74, 6) is 0.593. The van der Waals surface area contributed by atoms with E-state index in [2.05, 4.69) is 38.7 Å². The van der Waals surface area contributed by atoms with Crippen LogP contribution in [0.2, 0.25) is 0 Å². The van der Waals surface area contributed by atoms with Gasteiger partial charge in [0, 0.05) is 0 Å². The number of hydrogen-bond donors (Lipinski definition) is 0. The molecule has 0 aromatic carbocycles. The van der Waals surface area contributed by atoms with E-state index in [-0.39, 0.29) is 0 Å². The smallest absolute Gasteiger partial charge is 0.00726 e. The summed E-state index contributed by atoms with van der Waals surface area (Å²) in [5, 5.41) is 0. The standard InChI is InChI=1S/C9H12/c1-7-4-5-8(2)9(3)6-7/h4-7H,2H2,1,3H3. The summed E-state index contributed by atoms with van der Waals surface area (Å²) in [6.45, 7) is 8.15. The van der Waals surface area contributed by atoms with Crippen molar-refractivity contribution >= 4 is 0 Å². The Bertz CT molecular complexity index is 182. The lowest BCUT2D eigenvalue weighted by Crippen LogP contribution is -1.93. The van der Waals surface area contributed by atoms with E-state index >= 15 is 0 Å². The highest BCUT2D eigenvalue weighted by molar-refractivity contribution is 5.40. The molecule has 0 nitrogen and oxygen atoms in total. The normalized spacial score (nSPS) is 26.2. The molecule has 0 saturated carbocycles. The van der Waals surface area contributed by atoms with Gasteiger partial charge in [-0.25, -0.2) is 0 Å². The summed E-state index contributed by atoms with van der Waals surface area (Å²) in [4.78, 5) is 0. The molecular weight excluding hydrogens is 108 g/mol. The van der Waals surface area contributed by atoms with Crippen LogP contribution in [0.4, 0.5) is 0 Å². The Morgan fingerprint density at radius 2 is 2.22 bits per heavy atom. The van der Waals surface area contributed by atoms with Gasteiger partial charge in [0.1, 0.15) is 0 Å². The third kappa shape index (κ3) is 1.32. The van der Waals surface area contributed by atoms with Crippen LogP contribution < -0.4 is 0 Å². The molecule has 0 radical (unpaired) electrons. The van der Waals surface area contributed by atoms with Crippen LogP contribution in [-0.2, 0) is 0 Å². The maximum Gasteiger partial charge on any atom is -0.00726 e. The molecular formula is C9H12. The SMILES string of the molecule is C=C1C=CC(C)C=C1C. The van der Waals surface area contributed by atoms with Crippen molar-refractivity contribution in [1.29, 1.82) is 0 Å². The van der Waals surface area contributed by atoms with Gasteiger partial charge in [0.2, 0.25) is 0 Å². The van der Waals surface area contributed by atoms with E-state index in [1.807, 2.05) is 0 Å². The highest BCUT2D eigenvalue weighted by Gasteiger charge is 2.01. The fraction of sp³-hybridized carbons (Fsp3) is 0.333. The van der Waals surface area contributed by atoms with Crippen LogP contribution in [-0.4, -0.2) is 0 Å². The Kier molecular flexibility index (Phi) is 1.56. The number of allylic oxidation sites excluding steroid dienone is 5. The van der Waals surface area contributed by atoms with Gasteiger partial charge in [-0.15, -0.1) is 0 Å². The Morgan fingerprint density at radius 1 is 1.56 bits per heavy atom. The Morgan fingerprint density at radius 3 is 2.67 bits per heavy atom. The van der Waals surface area contributed by atoms with E-state index in [0.717, 1.165) is 5.57 Å². The first-order valence-electron chi connectivity index (χ1n) is 3.26. The lowest BCUT2D eigenvalue weighted by atomic mass is 9.97. The Labute approximate surface area is 56.6 Å². The third-order valence-electron chi connectivity index (χ3n) is 1.62. The second kappa shape index (κ2) is 2.22. The molecule has 0 amide bonds. The van der Waals surface area contributed by atoms with Gasteiger partial charge in [-0.2, -0.15) is 0 Å². The highest BCUT2D eigenvalue weighted by Crippen LogP contribution is 2.18. The van der Waals surface area contributed by atoms with E-state index in [9.17, 15) is 0 Å². The second-order valence-electron chi connectivity index (χ2n) is 2.59. The minimum Gasteiger partial charge on any atom is -0.0915 e. The molecule has 0 heteroatoms. The summed E-state index contributed by atoms with van der Waals surface area (Å²) in [6.07, 6.45) is 6.47. The van der Waals surface area contributed by atoms with Gasteiger partial charge in [-0.1, -0.05) is 31.7 Å². The average molecular weight is 120 g/mol. The first kappa shape index (κ1) is 6.34. The fourth-order valence-corrected chi connectivity index (χ4v) is 0.956. The predicted octanol–water partition coefficient (Wildman–Crippen LogP) is 2.69. The quantitative estimate of drug-likeness (QED) is 0.461. The molecule has 1 aliphatic carbocycles. The summed E-state index contributed by atoms with van der Waals surface area (Å²) in [5.41, 5.74) is 2.46. The van der Waals surface area contributed by atoms with Crippen LogP contribution in [0.3, 0.4) is 0 Å².